The molecule has 0 radical (unpaired) electrons. The van der Waals surface area contributed by atoms with E-state index in [0.717, 1.165) is 30.6 Å². The van der Waals surface area contributed by atoms with Crippen molar-refractivity contribution in [1.29, 1.82) is 0 Å². The zero-order chi connectivity index (χ0) is 25.9. The summed E-state index contributed by atoms with van der Waals surface area (Å²) in [6.07, 6.45) is 1.11. The molecule has 2 unspecified atom stereocenters. The molecule has 3 N–H and O–H groups in total. The lowest BCUT2D eigenvalue weighted by molar-refractivity contribution is 0.0347. The van der Waals surface area contributed by atoms with Crippen molar-refractivity contribution >= 4 is 23.6 Å². The fourth-order valence-electron chi connectivity index (χ4n) is 4.62. The van der Waals surface area contributed by atoms with E-state index in [1.54, 1.807) is 12.1 Å². The van der Waals surface area contributed by atoms with Crippen LogP contribution in [0.1, 0.15) is 47.4 Å². The lowest BCUT2D eigenvalue weighted by Crippen LogP contribution is -2.52. The Balaban J connectivity index is 1.74. The van der Waals surface area contributed by atoms with E-state index in [4.69, 9.17) is 21.1 Å². The zero-order valence-corrected chi connectivity index (χ0v) is 21.8. The Morgan fingerprint density at radius 1 is 1.17 bits per heavy atom. The SMILES string of the molecule is CN[C@@H](C(C)NC(=O)c1cccc(C(OCCNC(=O)OC)c2cccc(Cl)c2)c1)[C@H]1CCCOC1. The summed E-state index contributed by atoms with van der Waals surface area (Å²) in [5.41, 5.74) is 2.19. The largest absolute Gasteiger partial charge is 0.453 e. The average Bonchev–Trinajstić information content (AvgIpc) is 2.89. The van der Waals surface area contributed by atoms with Crippen molar-refractivity contribution in [2.24, 2.45) is 5.92 Å². The van der Waals surface area contributed by atoms with Gasteiger partial charge < -0.3 is 30.2 Å². The highest BCUT2D eigenvalue weighted by molar-refractivity contribution is 6.30. The van der Waals surface area contributed by atoms with E-state index in [0.29, 0.717) is 23.1 Å². The maximum atomic E-state index is 13.2. The lowest BCUT2D eigenvalue weighted by Gasteiger charge is -2.34. The predicted molar refractivity (Wildman–Crippen MR) is 139 cm³/mol. The number of hydrogen-bond acceptors (Lipinski definition) is 6. The van der Waals surface area contributed by atoms with Crippen molar-refractivity contribution < 1.29 is 23.8 Å². The van der Waals surface area contributed by atoms with Crippen LogP contribution < -0.4 is 16.0 Å². The normalized spacial score (nSPS) is 18.1. The van der Waals surface area contributed by atoms with Crippen molar-refractivity contribution in [2.45, 2.75) is 38.0 Å². The third kappa shape index (κ3) is 7.93. The molecule has 1 heterocycles. The monoisotopic (exact) mass is 517 g/mol. The van der Waals surface area contributed by atoms with Crippen molar-refractivity contribution in [3.05, 3.63) is 70.2 Å². The molecule has 2 aromatic carbocycles. The second-order valence-corrected chi connectivity index (χ2v) is 9.34. The molecule has 2 aromatic rings. The Kier molecular flexibility index (Phi) is 11.0. The quantitative estimate of drug-likeness (QED) is 0.391. The van der Waals surface area contributed by atoms with Gasteiger partial charge in [0.25, 0.3) is 5.91 Å². The summed E-state index contributed by atoms with van der Waals surface area (Å²) in [6.45, 7) is 4.04. The summed E-state index contributed by atoms with van der Waals surface area (Å²) in [6, 6.07) is 14.8. The molecular weight excluding hydrogens is 482 g/mol. The summed E-state index contributed by atoms with van der Waals surface area (Å²) in [7, 11) is 3.23. The number of alkyl carbamates (subject to hydrolysis) is 1. The van der Waals surface area contributed by atoms with E-state index in [1.165, 1.54) is 7.11 Å². The summed E-state index contributed by atoms with van der Waals surface area (Å²) in [5.74, 6) is 0.197. The standard InChI is InChI=1S/C27H36ClN3O5/c1-18(24(29-2)22-10-6-13-35-17-22)31-26(32)21-9-4-7-19(15-21)25(20-8-5-11-23(28)16-20)36-14-12-30-27(33)34-3/h4-5,7-9,11,15-16,18,22,24-25,29H,6,10,12-14,17H2,1-3H3,(H,30,33)(H,31,32)/t18?,22-,24-,25?/m0/s1. The molecule has 0 bridgehead atoms. The smallest absolute Gasteiger partial charge is 0.406 e. The van der Waals surface area contributed by atoms with Gasteiger partial charge in [0.1, 0.15) is 6.10 Å². The highest BCUT2D eigenvalue weighted by Crippen LogP contribution is 2.28. The predicted octanol–water partition coefficient (Wildman–Crippen LogP) is 3.93. The number of methoxy groups -OCH3 is 1. The van der Waals surface area contributed by atoms with Crippen molar-refractivity contribution in [3.8, 4) is 0 Å². The number of amides is 2. The van der Waals surface area contributed by atoms with Crippen LogP contribution in [0.3, 0.4) is 0 Å². The number of halogens is 1. The fourth-order valence-corrected chi connectivity index (χ4v) is 4.82. The zero-order valence-electron chi connectivity index (χ0n) is 21.1. The fraction of sp³-hybridized carbons (Fsp3) is 0.481. The number of carbonyl (C=O) groups is 2. The van der Waals surface area contributed by atoms with Crippen LogP contribution in [0.2, 0.25) is 5.02 Å². The number of rotatable bonds is 11. The number of ether oxygens (including phenoxy) is 3. The van der Waals surface area contributed by atoms with Crippen LogP contribution >= 0.6 is 11.6 Å². The molecule has 0 aromatic heterocycles. The van der Waals surface area contributed by atoms with E-state index >= 15 is 0 Å². The van der Waals surface area contributed by atoms with Gasteiger partial charge in [-0.2, -0.15) is 0 Å². The van der Waals surface area contributed by atoms with Gasteiger partial charge in [0.05, 0.1) is 20.3 Å². The van der Waals surface area contributed by atoms with E-state index in [2.05, 4.69) is 20.7 Å². The van der Waals surface area contributed by atoms with Crippen LogP contribution in [0, 0.1) is 5.92 Å². The van der Waals surface area contributed by atoms with Gasteiger partial charge >= 0.3 is 6.09 Å². The molecule has 1 aliphatic rings. The van der Waals surface area contributed by atoms with Gasteiger partial charge in [-0.1, -0.05) is 35.9 Å². The molecule has 36 heavy (non-hydrogen) atoms. The molecule has 1 fully saturated rings. The van der Waals surface area contributed by atoms with Gasteiger partial charge in [-0.15, -0.1) is 0 Å². The molecule has 9 heteroatoms. The molecule has 4 atom stereocenters. The van der Waals surface area contributed by atoms with Crippen molar-refractivity contribution in [3.63, 3.8) is 0 Å². The first-order valence-electron chi connectivity index (χ1n) is 12.3. The van der Waals surface area contributed by atoms with Gasteiger partial charge in [0.15, 0.2) is 0 Å². The van der Waals surface area contributed by atoms with Gasteiger partial charge in [-0.05, 0) is 68.1 Å². The minimum absolute atomic E-state index is 0.0813. The second-order valence-electron chi connectivity index (χ2n) is 8.90. The number of likely N-dealkylation sites (N-methyl/N-ethyl adjacent to an activating group) is 1. The van der Waals surface area contributed by atoms with Crippen LogP contribution in [0.5, 0.6) is 0 Å². The number of nitrogens with one attached hydrogen (secondary N) is 3. The van der Waals surface area contributed by atoms with Gasteiger partial charge in [0, 0.05) is 35.8 Å². The molecule has 3 rings (SSSR count). The summed E-state index contributed by atoms with van der Waals surface area (Å²) in [5, 5.41) is 9.70. The Morgan fingerprint density at radius 3 is 2.58 bits per heavy atom. The van der Waals surface area contributed by atoms with Crippen molar-refractivity contribution in [2.75, 3.05) is 40.5 Å². The van der Waals surface area contributed by atoms with Gasteiger partial charge in [-0.3, -0.25) is 4.79 Å². The minimum Gasteiger partial charge on any atom is -0.453 e. The topological polar surface area (TPSA) is 97.9 Å². The maximum absolute atomic E-state index is 13.2. The Morgan fingerprint density at radius 2 is 1.92 bits per heavy atom. The molecule has 1 saturated heterocycles. The van der Waals surface area contributed by atoms with Gasteiger partial charge in [0.2, 0.25) is 0 Å². The van der Waals surface area contributed by atoms with Crippen LogP contribution in [0.25, 0.3) is 0 Å². The Labute approximate surface area is 218 Å². The first-order chi connectivity index (χ1) is 17.4. The number of hydrogen-bond donors (Lipinski definition) is 3. The lowest BCUT2D eigenvalue weighted by atomic mass is 9.89. The molecular formula is C27H36ClN3O5. The van der Waals surface area contributed by atoms with E-state index in [-0.39, 0.29) is 31.1 Å². The molecule has 2 amide bonds. The summed E-state index contributed by atoms with van der Waals surface area (Å²) >= 11 is 6.24. The summed E-state index contributed by atoms with van der Waals surface area (Å²) < 4.78 is 16.4. The highest BCUT2D eigenvalue weighted by Gasteiger charge is 2.29. The van der Waals surface area contributed by atoms with Crippen LogP contribution in [0.4, 0.5) is 4.79 Å². The second kappa shape index (κ2) is 14.2. The Bertz CT molecular complexity index is 999. The molecule has 0 aliphatic carbocycles. The van der Waals surface area contributed by atoms with Crippen LogP contribution in [-0.2, 0) is 14.2 Å². The Hall–Kier alpha value is -2.65. The summed E-state index contributed by atoms with van der Waals surface area (Å²) in [4.78, 5) is 24.6. The highest BCUT2D eigenvalue weighted by atomic mass is 35.5. The van der Waals surface area contributed by atoms with Crippen LogP contribution in [-0.4, -0.2) is 64.6 Å². The van der Waals surface area contributed by atoms with Crippen molar-refractivity contribution in [1.82, 2.24) is 16.0 Å². The van der Waals surface area contributed by atoms with E-state index < -0.39 is 12.2 Å². The third-order valence-electron chi connectivity index (χ3n) is 6.38. The third-order valence-corrected chi connectivity index (χ3v) is 6.61. The minimum atomic E-state index is -0.523. The molecule has 0 spiro atoms. The average molecular weight is 518 g/mol. The molecule has 8 nitrogen and oxygen atoms in total. The molecule has 1 aliphatic heterocycles. The number of carbonyl (C=O) groups excluding carboxylic acids is 2. The van der Waals surface area contributed by atoms with E-state index in [1.807, 2.05) is 50.4 Å². The van der Waals surface area contributed by atoms with E-state index in [9.17, 15) is 9.59 Å². The molecule has 0 saturated carbocycles. The molecule has 196 valence electrons. The first kappa shape index (κ1) is 27.9. The van der Waals surface area contributed by atoms with Gasteiger partial charge in [-0.25, -0.2) is 4.79 Å². The van der Waals surface area contributed by atoms with Crippen LogP contribution in [0.15, 0.2) is 48.5 Å². The first-order valence-corrected chi connectivity index (χ1v) is 12.7. The maximum Gasteiger partial charge on any atom is 0.406 e. The number of benzene rings is 2.